The molecule has 0 spiro atoms. The Labute approximate surface area is 106 Å². The van der Waals surface area contributed by atoms with E-state index < -0.39 is 0 Å². The number of anilines is 1. The Morgan fingerprint density at radius 1 is 1.00 bits per heavy atom. The lowest BCUT2D eigenvalue weighted by Gasteiger charge is -1.97. The summed E-state index contributed by atoms with van der Waals surface area (Å²) in [5, 5.41) is 7.58. The second kappa shape index (κ2) is 5.72. The average molecular weight is 238 g/mol. The van der Waals surface area contributed by atoms with E-state index in [1.165, 1.54) is 0 Å². The largest absolute Gasteiger partial charge is 0.366 e. The minimum Gasteiger partial charge on any atom is -0.366 e. The minimum atomic E-state index is 0.187. The molecule has 2 aromatic rings. The van der Waals surface area contributed by atoms with E-state index in [-0.39, 0.29) is 5.95 Å². The molecule has 4 nitrogen and oxygen atoms in total. The summed E-state index contributed by atoms with van der Waals surface area (Å²) in [6.45, 7) is 1.85. The first kappa shape index (κ1) is 12.0. The molecule has 0 aliphatic carbocycles. The highest BCUT2D eigenvalue weighted by molar-refractivity contribution is 5.56. The zero-order valence-corrected chi connectivity index (χ0v) is 10.1. The average Bonchev–Trinajstić information content (AvgIpc) is 2.40. The van der Waals surface area contributed by atoms with Gasteiger partial charge >= 0.3 is 0 Å². The maximum Gasteiger partial charge on any atom is 0.240 e. The fraction of sp³-hybridized carbons (Fsp3) is 0.0714. The summed E-state index contributed by atoms with van der Waals surface area (Å²) < 4.78 is 0. The van der Waals surface area contributed by atoms with E-state index in [0.717, 1.165) is 17.0 Å². The zero-order valence-electron chi connectivity index (χ0n) is 10.1. The maximum atomic E-state index is 5.49. The standard InChI is InChI=1S/C14H14N4/c1-11-13(16-14(15)18-17-11)10-6-5-9-12-7-3-2-4-8-12/h2-10H,1H3,(H2,15,16,18)/b9-5+,10-6+. The second-order valence-electron chi connectivity index (χ2n) is 3.77. The van der Waals surface area contributed by atoms with Crippen LogP contribution in [0.15, 0.2) is 42.5 Å². The lowest BCUT2D eigenvalue weighted by Crippen LogP contribution is -2.01. The third-order valence-corrected chi connectivity index (χ3v) is 2.36. The summed E-state index contributed by atoms with van der Waals surface area (Å²) in [7, 11) is 0. The van der Waals surface area contributed by atoms with Crippen LogP contribution in [0.1, 0.15) is 17.0 Å². The summed E-state index contributed by atoms with van der Waals surface area (Å²) in [5.74, 6) is 0.187. The first-order valence-electron chi connectivity index (χ1n) is 5.62. The quantitative estimate of drug-likeness (QED) is 0.834. The molecule has 4 heteroatoms. The van der Waals surface area contributed by atoms with Gasteiger partial charge in [0.25, 0.3) is 0 Å². The summed E-state index contributed by atoms with van der Waals surface area (Å²) >= 11 is 0. The Balaban J connectivity index is 2.08. The van der Waals surface area contributed by atoms with Crippen molar-refractivity contribution in [2.45, 2.75) is 6.92 Å². The van der Waals surface area contributed by atoms with Gasteiger partial charge in [0.15, 0.2) is 0 Å². The molecule has 0 fully saturated rings. The first-order chi connectivity index (χ1) is 8.75. The fourth-order valence-corrected chi connectivity index (χ4v) is 1.44. The van der Waals surface area contributed by atoms with Crippen LogP contribution in [-0.4, -0.2) is 15.2 Å². The highest BCUT2D eigenvalue weighted by Gasteiger charge is 1.98. The van der Waals surface area contributed by atoms with Gasteiger partial charge in [0, 0.05) is 0 Å². The molecular weight excluding hydrogens is 224 g/mol. The van der Waals surface area contributed by atoms with Crippen molar-refractivity contribution in [3.8, 4) is 0 Å². The molecule has 2 rings (SSSR count). The van der Waals surface area contributed by atoms with E-state index in [1.807, 2.05) is 61.6 Å². The van der Waals surface area contributed by atoms with Crippen molar-refractivity contribution in [3.05, 3.63) is 59.4 Å². The molecule has 0 unspecified atom stereocenters. The zero-order chi connectivity index (χ0) is 12.8. The fourth-order valence-electron chi connectivity index (χ4n) is 1.44. The smallest absolute Gasteiger partial charge is 0.240 e. The number of aryl methyl sites for hydroxylation is 1. The molecule has 1 aromatic carbocycles. The van der Waals surface area contributed by atoms with Crippen LogP contribution in [-0.2, 0) is 0 Å². The van der Waals surface area contributed by atoms with Gasteiger partial charge in [-0.25, -0.2) is 4.98 Å². The van der Waals surface area contributed by atoms with E-state index in [1.54, 1.807) is 0 Å². The number of allylic oxidation sites excluding steroid dienone is 2. The number of nitrogens with two attached hydrogens (primary N) is 1. The number of rotatable bonds is 3. The SMILES string of the molecule is Cc1nnc(N)nc1/C=C/C=C/c1ccccc1. The molecule has 0 aliphatic rings. The Bertz CT molecular complexity index is 574. The van der Waals surface area contributed by atoms with Gasteiger partial charge in [-0.05, 0) is 18.6 Å². The topological polar surface area (TPSA) is 64.7 Å². The number of aromatic nitrogens is 3. The Hall–Kier alpha value is -2.49. The van der Waals surface area contributed by atoms with Crippen molar-refractivity contribution in [2.24, 2.45) is 0 Å². The van der Waals surface area contributed by atoms with Crippen molar-refractivity contribution in [1.82, 2.24) is 15.2 Å². The molecular formula is C14H14N4. The summed E-state index contributed by atoms with van der Waals surface area (Å²) in [5.41, 5.74) is 8.13. The third kappa shape index (κ3) is 3.25. The van der Waals surface area contributed by atoms with Gasteiger partial charge in [-0.2, -0.15) is 0 Å². The number of hydrogen-bond donors (Lipinski definition) is 1. The number of benzene rings is 1. The van der Waals surface area contributed by atoms with Crippen LogP contribution < -0.4 is 5.73 Å². The van der Waals surface area contributed by atoms with Gasteiger partial charge in [-0.3, -0.25) is 0 Å². The number of nitrogens with zero attached hydrogens (tertiary/aromatic N) is 3. The van der Waals surface area contributed by atoms with E-state index in [2.05, 4.69) is 15.2 Å². The monoisotopic (exact) mass is 238 g/mol. The van der Waals surface area contributed by atoms with Crippen molar-refractivity contribution in [1.29, 1.82) is 0 Å². The Kier molecular flexibility index (Phi) is 3.81. The lowest BCUT2D eigenvalue weighted by atomic mass is 10.2. The summed E-state index contributed by atoms with van der Waals surface area (Å²) in [6.07, 6.45) is 7.74. The molecule has 1 aromatic heterocycles. The van der Waals surface area contributed by atoms with Crippen LogP contribution in [0.4, 0.5) is 5.95 Å². The van der Waals surface area contributed by atoms with Crippen LogP contribution in [0.2, 0.25) is 0 Å². The van der Waals surface area contributed by atoms with Crippen molar-refractivity contribution in [2.75, 3.05) is 5.73 Å². The lowest BCUT2D eigenvalue weighted by molar-refractivity contribution is 0.932. The van der Waals surface area contributed by atoms with E-state index in [0.29, 0.717) is 0 Å². The molecule has 0 aliphatic heterocycles. The normalized spacial score (nSPS) is 11.4. The highest BCUT2D eigenvalue weighted by Crippen LogP contribution is 2.05. The highest BCUT2D eigenvalue weighted by atomic mass is 15.2. The Morgan fingerprint density at radius 3 is 2.50 bits per heavy atom. The molecule has 2 N–H and O–H groups in total. The van der Waals surface area contributed by atoms with Gasteiger partial charge < -0.3 is 5.73 Å². The number of nitrogen functional groups attached to an aromatic ring is 1. The van der Waals surface area contributed by atoms with Gasteiger partial charge in [-0.1, -0.05) is 48.6 Å². The van der Waals surface area contributed by atoms with Gasteiger partial charge in [0.05, 0.1) is 11.4 Å². The maximum absolute atomic E-state index is 5.49. The van der Waals surface area contributed by atoms with Crippen LogP contribution >= 0.6 is 0 Å². The van der Waals surface area contributed by atoms with Crippen molar-refractivity contribution in [3.63, 3.8) is 0 Å². The molecule has 0 amide bonds. The van der Waals surface area contributed by atoms with Crippen LogP contribution in [0, 0.1) is 6.92 Å². The summed E-state index contributed by atoms with van der Waals surface area (Å²) in [6, 6.07) is 10.1. The van der Waals surface area contributed by atoms with E-state index >= 15 is 0 Å². The van der Waals surface area contributed by atoms with Crippen LogP contribution in [0.3, 0.4) is 0 Å². The third-order valence-electron chi connectivity index (χ3n) is 2.36. The molecule has 0 saturated heterocycles. The second-order valence-corrected chi connectivity index (χ2v) is 3.77. The van der Waals surface area contributed by atoms with Gasteiger partial charge in [-0.15, -0.1) is 10.2 Å². The predicted molar refractivity (Wildman–Crippen MR) is 73.5 cm³/mol. The van der Waals surface area contributed by atoms with E-state index in [4.69, 9.17) is 5.73 Å². The van der Waals surface area contributed by atoms with Crippen molar-refractivity contribution >= 4 is 18.1 Å². The van der Waals surface area contributed by atoms with E-state index in [9.17, 15) is 0 Å². The summed E-state index contributed by atoms with van der Waals surface area (Å²) in [4.78, 5) is 4.10. The number of hydrogen-bond acceptors (Lipinski definition) is 4. The predicted octanol–water partition coefficient (Wildman–Crippen LogP) is 2.49. The molecule has 0 bridgehead atoms. The van der Waals surface area contributed by atoms with Crippen molar-refractivity contribution < 1.29 is 0 Å². The van der Waals surface area contributed by atoms with Gasteiger partial charge in [0.2, 0.25) is 5.95 Å². The molecule has 1 heterocycles. The molecule has 90 valence electrons. The van der Waals surface area contributed by atoms with Gasteiger partial charge in [0.1, 0.15) is 0 Å². The molecule has 0 radical (unpaired) electrons. The molecule has 18 heavy (non-hydrogen) atoms. The van der Waals surface area contributed by atoms with Crippen LogP contribution in [0.25, 0.3) is 12.2 Å². The first-order valence-corrected chi connectivity index (χ1v) is 5.62. The minimum absolute atomic E-state index is 0.187. The Morgan fingerprint density at radius 2 is 1.72 bits per heavy atom. The molecule has 0 saturated carbocycles. The van der Waals surface area contributed by atoms with Crippen LogP contribution in [0.5, 0.6) is 0 Å². The molecule has 0 atom stereocenters.